The summed E-state index contributed by atoms with van der Waals surface area (Å²) in [6, 6.07) is 7.86. The number of anilines is 1. The lowest BCUT2D eigenvalue weighted by atomic mass is 9.97. The lowest BCUT2D eigenvalue weighted by Gasteiger charge is -2.30. The van der Waals surface area contributed by atoms with E-state index in [4.69, 9.17) is 9.47 Å². The monoisotopic (exact) mass is 294 g/mol. The van der Waals surface area contributed by atoms with E-state index < -0.39 is 5.54 Å². The van der Waals surface area contributed by atoms with Gasteiger partial charge < -0.3 is 19.7 Å². The molecule has 1 N–H and O–H groups in total. The standard InChI is InChI=1S/C16H26N2O3/c1-6-17-16(2,15(19)21-5)11-12-18(3)13-7-9-14(20-4)10-8-13/h7-10,17H,6,11-12H2,1-5H3. The van der Waals surface area contributed by atoms with Gasteiger partial charge in [0, 0.05) is 19.3 Å². The Kier molecular flexibility index (Phi) is 6.49. The molecule has 0 aliphatic heterocycles. The lowest BCUT2D eigenvalue weighted by molar-refractivity contribution is -0.148. The van der Waals surface area contributed by atoms with Crippen LogP contribution in [0.25, 0.3) is 0 Å². The molecule has 0 amide bonds. The van der Waals surface area contributed by atoms with E-state index in [1.807, 2.05) is 45.2 Å². The number of rotatable bonds is 8. The van der Waals surface area contributed by atoms with E-state index in [0.29, 0.717) is 6.42 Å². The van der Waals surface area contributed by atoms with Crippen LogP contribution in [0.5, 0.6) is 5.75 Å². The highest BCUT2D eigenvalue weighted by Gasteiger charge is 2.33. The topological polar surface area (TPSA) is 50.8 Å². The molecule has 1 unspecified atom stereocenters. The quantitative estimate of drug-likeness (QED) is 0.744. The van der Waals surface area contributed by atoms with Gasteiger partial charge in [0.15, 0.2) is 0 Å². The Morgan fingerprint density at radius 2 is 1.90 bits per heavy atom. The fourth-order valence-electron chi connectivity index (χ4n) is 2.24. The van der Waals surface area contributed by atoms with Gasteiger partial charge in [0.05, 0.1) is 14.2 Å². The normalized spacial score (nSPS) is 13.4. The second-order valence-corrected chi connectivity index (χ2v) is 5.22. The summed E-state index contributed by atoms with van der Waals surface area (Å²) in [5.41, 5.74) is 0.420. The predicted octanol–water partition coefficient (Wildman–Crippen LogP) is 2.06. The second kappa shape index (κ2) is 7.88. The number of esters is 1. The van der Waals surface area contributed by atoms with E-state index in [1.54, 1.807) is 7.11 Å². The molecule has 5 nitrogen and oxygen atoms in total. The second-order valence-electron chi connectivity index (χ2n) is 5.22. The van der Waals surface area contributed by atoms with Crippen LogP contribution >= 0.6 is 0 Å². The van der Waals surface area contributed by atoms with Crippen molar-refractivity contribution < 1.29 is 14.3 Å². The van der Waals surface area contributed by atoms with Crippen molar-refractivity contribution in [3.63, 3.8) is 0 Å². The molecule has 1 aromatic rings. The Morgan fingerprint density at radius 3 is 2.38 bits per heavy atom. The number of carbonyl (C=O) groups excluding carboxylic acids is 1. The van der Waals surface area contributed by atoms with Crippen molar-refractivity contribution in [3.05, 3.63) is 24.3 Å². The highest BCUT2D eigenvalue weighted by Crippen LogP contribution is 2.20. The van der Waals surface area contributed by atoms with E-state index in [-0.39, 0.29) is 5.97 Å². The van der Waals surface area contributed by atoms with Crippen molar-refractivity contribution in [2.24, 2.45) is 0 Å². The third kappa shape index (κ3) is 4.63. The first-order valence-electron chi connectivity index (χ1n) is 7.15. The highest BCUT2D eigenvalue weighted by molar-refractivity contribution is 5.80. The van der Waals surface area contributed by atoms with Crippen molar-refractivity contribution in [3.8, 4) is 5.75 Å². The van der Waals surface area contributed by atoms with Crippen LogP contribution in [-0.4, -0.2) is 45.9 Å². The van der Waals surface area contributed by atoms with Crippen LogP contribution in [0.15, 0.2) is 24.3 Å². The zero-order chi connectivity index (χ0) is 15.9. The molecule has 0 spiro atoms. The van der Waals surface area contributed by atoms with Gasteiger partial charge in [0.25, 0.3) is 0 Å². The number of hydrogen-bond acceptors (Lipinski definition) is 5. The summed E-state index contributed by atoms with van der Waals surface area (Å²) >= 11 is 0. The first-order valence-corrected chi connectivity index (χ1v) is 7.15. The number of nitrogens with zero attached hydrogens (tertiary/aromatic N) is 1. The minimum Gasteiger partial charge on any atom is -0.497 e. The third-order valence-electron chi connectivity index (χ3n) is 3.66. The molecule has 1 rings (SSSR count). The summed E-state index contributed by atoms with van der Waals surface area (Å²) in [5, 5.41) is 3.21. The summed E-state index contributed by atoms with van der Waals surface area (Å²) in [7, 11) is 5.08. The molecule has 0 heterocycles. The van der Waals surface area contributed by atoms with Crippen LogP contribution in [0.3, 0.4) is 0 Å². The summed E-state index contributed by atoms with van der Waals surface area (Å²) in [6.07, 6.45) is 0.663. The van der Waals surface area contributed by atoms with Crippen molar-refractivity contribution in [2.75, 3.05) is 39.3 Å². The fraction of sp³-hybridized carbons (Fsp3) is 0.562. The SMILES string of the molecule is CCNC(C)(CCN(C)c1ccc(OC)cc1)C(=O)OC. The maximum Gasteiger partial charge on any atom is 0.325 e. The van der Waals surface area contributed by atoms with Crippen LogP contribution in [0.2, 0.25) is 0 Å². The molecule has 0 aliphatic rings. The molecule has 0 bridgehead atoms. The first-order chi connectivity index (χ1) is 9.96. The van der Waals surface area contributed by atoms with Crippen LogP contribution < -0.4 is 15.0 Å². The lowest BCUT2D eigenvalue weighted by Crippen LogP contribution is -2.51. The van der Waals surface area contributed by atoms with Gasteiger partial charge in [0.2, 0.25) is 0 Å². The molecule has 0 saturated carbocycles. The van der Waals surface area contributed by atoms with Gasteiger partial charge in [0.1, 0.15) is 11.3 Å². The smallest absolute Gasteiger partial charge is 0.325 e. The zero-order valence-corrected chi connectivity index (χ0v) is 13.6. The Balaban J connectivity index is 2.67. The molecule has 1 aromatic carbocycles. The van der Waals surface area contributed by atoms with Gasteiger partial charge in [-0.05, 0) is 44.2 Å². The van der Waals surface area contributed by atoms with Crippen LogP contribution in [0, 0.1) is 0 Å². The summed E-state index contributed by atoms with van der Waals surface area (Å²) in [6.45, 7) is 5.32. The molecular weight excluding hydrogens is 268 g/mol. The average Bonchev–Trinajstić information content (AvgIpc) is 2.52. The van der Waals surface area contributed by atoms with E-state index in [9.17, 15) is 4.79 Å². The molecule has 1 atom stereocenters. The summed E-state index contributed by atoms with van der Waals surface area (Å²) in [5.74, 6) is 0.603. The maximum atomic E-state index is 11.9. The van der Waals surface area contributed by atoms with E-state index in [2.05, 4.69) is 10.2 Å². The van der Waals surface area contributed by atoms with Crippen molar-refractivity contribution >= 4 is 11.7 Å². The van der Waals surface area contributed by atoms with Gasteiger partial charge in [-0.15, -0.1) is 0 Å². The molecule has 0 aromatic heterocycles. The Bertz CT molecular complexity index is 447. The van der Waals surface area contributed by atoms with Crippen molar-refractivity contribution in [1.29, 1.82) is 0 Å². The van der Waals surface area contributed by atoms with E-state index in [1.165, 1.54) is 7.11 Å². The zero-order valence-electron chi connectivity index (χ0n) is 13.6. The number of ether oxygens (including phenoxy) is 2. The van der Waals surface area contributed by atoms with Crippen LogP contribution in [-0.2, 0) is 9.53 Å². The Labute approximate surface area is 127 Å². The van der Waals surface area contributed by atoms with Gasteiger partial charge in [-0.25, -0.2) is 0 Å². The average molecular weight is 294 g/mol. The molecule has 0 saturated heterocycles. The van der Waals surface area contributed by atoms with Gasteiger partial charge >= 0.3 is 5.97 Å². The van der Waals surface area contributed by atoms with Crippen LogP contribution in [0.1, 0.15) is 20.3 Å². The van der Waals surface area contributed by atoms with Crippen LogP contribution in [0.4, 0.5) is 5.69 Å². The number of benzene rings is 1. The maximum absolute atomic E-state index is 11.9. The Morgan fingerprint density at radius 1 is 1.29 bits per heavy atom. The third-order valence-corrected chi connectivity index (χ3v) is 3.66. The molecule has 0 radical (unpaired) electrons. The number of hydrogen-bond donors (Lipinski definition) is 1. The largest absolute Gasteiger partial charge is 0.497 e. The Hall–Kier alpha value is -1.75. The molecule has 0 aliphatic carbocycles. The molecular formula is C16H26N2O3. The number of methoxy groups -OCH3 is 2. The first kappa shape index (κ1) is 17.3. The van der Waals surface area contributed by atoms with E-state index in [0.717, 1.165) is 24.5 Å². The minimum absolute atomic E-state index is 0.229. The summed E-state index contributed by atoms with van der Waals surface area (Å²) < 4.78 is 10.1. The number of carbonyl (C=O) groups is 1. The highest BCUT2D eigenvalue weighted by atomic mass is 16.5. The number of likely N-dealkylation sites (N-methyl/N-ethyl adjacent to an activating group) is 1. The molecule has 21 heavy (non-hydrogen) atoms. The van der Waals surface area contributed by atoms with Crippen molar-refractivity contribution in [1.82, 2.24) is 5.32 Å². The minimum atomic E-state index is -0.662. The molecule has 5 heteroatoms. The number of nitrogens with one attached hydrogen (secondary N) is 1. The van der Waals surface area contributed by atoms with Gasteiger partial charge in [-0.1, -0.05) is 6.92 Å². The summed E-state index contributed by atoms with van der Waals surface area (Å²) in [4.78, 5) is 14.0. The predicted molar refractivity (Wildman–Crippen MR) is 85.0 cm³/mol. The fourth-order valence-corrected chi connectivity index (χ4v) is 2.24. The molecule has 0 fully saturated rings. The van der Waals surface area contributed by atoms with Gasteiger partial charge in [-0.3, -0.25) is 4.79 Å². The van der Waals surface area contributed by atoms with E-state index >= 15 is 0 Å². The molecule has 118 valence electrons. The van der Waals surface area contributed by atoms with Crippen molar-refractivity contribution in [2.45, 2.75) is 25.8 Å². The van der Waals surface area contributed by atoms with Gasteiger partial charge in [-0.2, -0.15) is 0 Å².